The Kier molecular flexibility index (Phi) is 5.76. The second-order valence-electron chi connectivity index (χ2n) is 2.51. The highest BCUT2D eigenvalue weighted by Crippen LogP contribution is 2.19. The number of halogens is 3. The van der Waals surface area contributed by atoms with E-state index in [1.165, 1.54) is 0 Å². The summed E-state index contributed by atoms with van der Waals surface area (Å²) in [6.07, 6.45) is -0.167. The lowest BCUT2D eigenvalue weighted by Gasteiger charge is -1.98. The molecule has 0 atom stereocenters. The third kappa shape index (κ3) is 5.03. The normalized spacial score (nSPS) is 8.88. The fraction of sp³-hybridized carbons (Fsp3) is 0. The summed E-state index contributed by atoms with van der Waals surface area (Å²) in [5.74, 6) is -5.20. The lowest BCUT2D eigenvalue weighted by molar-refractivity contribution is -0.143. The summed E-state index contributed by atoms with van der Waals surface area (Å²) >= 11 is 5.31. The van der Waals surface area contributed by atoms with Gasteiger partial charge in [-0.25, -0.2) is 18.4 Å². The van der Waals surface area contributed by atoms with Crippen LogP contribution in [-0.4, -0.2) is 28.4 Å². The Labute approximate surface area is 98.2 Å². The largest absolute Gasteiger partial charge is 0.478 e. The van der Waals surface area contributed by atoms with Crippen molar-refractivity contribution in [2.75, 3.05) is 0 Å². The number of benzene rings is 1. The molecule has 0 aliphatic carbocycles. The summed E-state index contributed by atoms with van der Waals surface area (Å²) in [7, 11) is 0. The van der Waals surface area contributed by atoms with Crippen LogP contribution >= 0.6 is 11.6 Å². The van der Waals surface area contributed by atoms with E-state index in [9.17, 15) is 13.6 Å². The maximum Gasteiger partial charge on any atom is 0.368 e. The molecule has 0 aromatic heterocycles. The molecule has 0 unspecified atom stereocenters. The molecule has 2 N–H and O–H groups in total. The highest BCUT2D eigenvalue weighted by Gasteiger charge is 2.13. The van der Waals surface area contributed by atoms with Gasteiger partial charge in [-0.05, 0) is 12.1 Å². The van der Waals surface area contributed by atoms with E-state index in [1.54, 1.807) is 0 Å². The van der Waals surface area contributed by atoms with Gasteiger partial charge < -0.3 is 10.2 Å². The topological polar surface area (TPSA) is 91.7 Å². The van der Waals surface area contributed by atoms with E-state index in [-0.39, 0.29) is 11.3 Å². The van der Waals surface area contributed by atoms with E-state index in [0.29, 0.717) is 12.1 Å². The van der Waals surface area contributed by atoms with Gasteiger partial charge >= 0.3 is 11.9 Å². The van der Waals surface area contributed by atoms with Crippen molar-refractivity contribution in [3.8, 4) is 0 Å². The van der Waals surface area contributed by atoms with E-state index in [4.69, 9.17) is 31.4 Å². The summed E-state index contributed by atoms with van der Waals surface area (Å²) in [4.78, 5) is 28.2. The Balaban J connectivity index is 0.000000437. The standard InChI is InChI=1S/C7H3ClF2O2.C2H2O3/c8-4-2-6(10)5(9)1-3(4)7(11)12;3-1-2(4)5/h1-2H,(H,11,12);1H,(H,4,5). The maximum absolute atomic E-state index is 12.4. The molecular formula is C9H5ClF2O5. The molecule has 0 saturated heterocycles. The molecule has 92 valence electrons. The molecule has 0 aliphatic rings. The monoisotopic (exact) mass is 266 g/mol. The van der Waals surface area contributed by atoms with Crippen molar-refractivity contribution in [2.45, 2.75) is 0 Å². The van der Waals surface area contributed by atoms with Crippen LogP contribution in [0.4, 0.5) is 8.78 Å². The minimum atomic E-state index is -1.43. The van der Waals surface area contributed by atoms with Crippen LogP contribution in [0.1, 0.15) is 10.4 Å². The van der Waals surface area contributed by atoms with Crippen LogP contribution < -0.4 is 0 Å². The van der Waals surface area contributed by atoms with Crippen LogP contribution in [-0.2, 0) is 9.59 Å². The Hall–Kier alpha value is -2.02. The van der Waals surface area contributed by atoms with Gasteiger partial charge in [0.25, 0.3) is 0 Å². The van der Waals surface area contributed by atoms with Crippen molar-refractivity contribution in [1.29, 1.82) is 0 Å². The van der Waals surface area contributed by atoms with Gasteiger partial charge in [-0.1, -0.05) is 11.6 Å². The molecule has 1 rings (SSSR count). The molecule has 0 saturated carbocycles. The molecule has 8 heteroatoms. The highest BCUT2D eigenvalue weighted by molar-refractivity contribution is 6.33. The first-order valence-electron chi connectivity index (χ1n) is 3.85. The second kappa shape index (κ2) is 6.54. The lowest BCUT2D eigenvalue weighted by atomic mass is 10.2. The third-order valence-corrected chi connectivity index (χ3v) is 1.65. The van der Waals surface area contributed by atoms with E-state index in [1.807, 2.05) is 0 Å². The van der Waals surface area contributed by atoms with Crippen LogP contribution in [0.5, 0.6) is 0 Å². The van der Waals surface area contributed by atoms with Gasteiger partial charge in [-0.2, -0.15) is 0 Å². The second-order valence-corrected chi connectivity index (χ2v) is 2.91. The van der Waals surface area contributed by atoms with Crippen molar-refractivity contribution in [1.82, 2.24) is 0 Å². The SMILES string of the molecule is O=C(O)c1cc(F)c(F)cc1Cl.O=CC(=O)O. The average molecular weight is 267 g/mol. The van der Waals surface area contributed by atoms with Gasteiger partial charge in [0.05, 0.1) is 10.6 Å². The smallest absolute Gasteiger partial charge is 0.368 e. The zero-order valence-electron chi connectivity index (χ0n) is 7.99. The summed E-state index contributed by atoms with van der Waals surface area (Å²) in [6.45, 7) is 0. The predicted molar refractivity (Wildman–Crippen MR) is 52.0 cm³/mol. The molecule has 0 amide bonds. The highest BCUT2D eigenvalue weighted by atomic mass is 35.5. The Bertz CT molecular complexity index is 461. The predicted octanol–water partition coefficient (Wildman–Crippen LogP) is 1.59. The van der Waals surface area contributed by atoms with Crippen molar-refractivity contribution in [3.05, 3.63) is 34.4 Å². The van der Waals surface area contributed by atoms with E-state index < -0.39 is 29.1 Å². The van der Waals surface area contributed by atoms with E-state index in [2.05, 4.69) is 0 Å². The molecule has 0 heterocycles. The molecule has 5 nitrogen and oxygen atoms in total. The fourth-order valence-corrected chi connectivity index (χ4v) is 0.918. The summed E-state index contributed by atoms with van der Waals surface area (Å²) in [6, 6.07) is 1.17. The first-order valence-corrected chi connectivity index (χ1v) is 4.23. The Morgan fingerprint density at radius 1 is 1.18 bits per heavy atom. The van der Waals surface area contributed by atoms with Crippen molar-refractivity contribution in [3.63, 3.8) is 0 Å². The zero-order valence-corrected chi connectivity index (χ0v) is 8.74. The number of carboxylic acid groups (broad SMARTS) is 2. The Morgan fingerprint density at radius 3 is 1.94 bits per heavy atom. The maximum atomic E-state index is 12.4. The summed E-state index contributed by atoms with van der Waals surface area (Å²) in [5, 5.41) is 15.4. The number of aliphatic carboxylic acids is 1. The molecule has 0 aliphatic heterocycles. The average Bonchev–Trinajstić information content (AvgIpc) is 2.23. The number of aldehydes is 1. The molecule has 0 spiro atoms. The lowest BCUT2D eigenvalue weighted by Crippen LogP contribution is -1.99. The van der Waals surface area contributed by atoms with Gasteiger partial charge in [-0.3, -0.25) is 4.79 Å². The van der Waals surface area contributed by atoms with Crippen LogP contribution in [0, 0.1) is 11.6 Å². The number of aromatic carboxylic acids is 1. The number of rotatable bonds is 2. The Morgan fingerprint density at radius 2 is 1.59 bits per heavy atom. The molecule has 0 radical (unpaired) electrons. The quantitative estimate of drug-likeness (QED) is 0.482. The van der Waals surface area contributed by atoms with Crippen molar-refractivity contribution < 1.29 is 33.4 Å². The van der Waals surface area contributed by atoms with Crippen LogP contribution in [0.15, 0.2) is 12.1 Å². The number of carbonyl (C=O) groups is 3. The van der Waals surface area contributed by atoms with Gasteiger partial charge in [0, 0.05) is 0 Å². The molecular weight excluding hydrogens is 262 g/mol. The number of hydrogen-bond acceptors (Lipinski definition) is 3. The fourth-order valence-electron chi connectivity index (χ4n) is 0.686. The minimum absolute atomic E-state index is 0.167. The van der Waals surface area contributed by atoms with Crippen LogP contribution in [0.2, 0.25) is 5.02 Å². The molecule has 0 bridgehead atoms. The number of hydrogen-bond donors (Lipinski definition) is 2. The third-order valence-electron chi connectivity index (χ3n) is 1.34. The molecule has 0 fully saturated rings. The molecule has 1 aromatic rings. The van der Waals surface area contributed by atoms with Crippen LogP contribution in [0.3, 0.4) is 0 Å². The number of carboxylic acids is 2. The molecule has 1 aromatic carbocycles. The van der Waals surface area contributed by atoms with Crippen LogP contribution in [0.25, 0.3) is 0 Å². The van der Waals surface area contributed by atoms with Gasteiger partial charge in [0.15, 0.2) is 11.6 Å². The zero-order chi connectivity index (χ0) is 13.6. The molecule has 17 heavy (non-hydrogen) atoms. The summed E-state index contributed by atoms with van der Waals surface area (Å²) in [5.41, 5.74) is -0.449. The van der Waals surface area contributed by atoms with Gasteiger partial charge in [0.2, 0.25) is 6.29 Å². The van der Waals surface area contributed by atoms with E-state index >= 15 is 0 Å². The first-order chi connectivity index (χ1) is 7.79. The van der Waals surface area contributed by atoms with Crippen molar-refractivity contribution in [2.24, 2.45) is 0 Å². The number of carbonyl (C=O) groups excluding carboxylic acids is 1. The minimum Gasteiger partial charge on any atom is -0.478 e. The van der Waals surface area contributed by atoms with Gasteiger partial charge in [0.1, 0.15) is 0 Å². The van der Waals surface area contributed by atoms with Crippen molar-refractivity contribution >= 4 is 29.8 Å². The first kappa shape index (κ1) is 15.0. The van der Waals surface area contributed by atoms with E-state index in [0.717, 1.165) is 0 Å². The van der Waals surface area contributed by atoms with Gasteiger partial charge in [-0.15, -0.1) is 0 Å². The summed E-state index contributed by atoms with van der Waals surface area (Å²) < 4.78 is 24.8.